The van der Waals surface area contributed by atoms with Crippen LogP contribution in [0.1, 0.15) is 11.1 Å². The number of phenolic OH excluding ortho intramolecular Hbond substituents is 2. The molecule has 0 spiro atoms. The molecule has 0 amide bonds. The summed E-state index contributed by atoms with van der Waals surface area (Å²) in [4.78, 5) is 11.4. The molecule has 2 aromatic rings. The van der Waals surface area contributed by atoms with Crippen LogP contribution in [0, 0.1) is 0 Å². The highest BCUT2D eigenvalue weighted by atomic mass is 16.7. The van der Waals surface area contributed by atoms with Gasteiger partial charge in [0.05, 0.1) is 0 Å². The number of carbonyl (C=O) groups excluding carboxylic acids is 1. The monoisotopic (exact) mass is 274 g/mol. The van der Waals surface area contributed by atoms with Gasteiger partial charge in [0.2, 0.25) is 0 Å². The van der Waals surface area contributed by atoms with Gasteiger partial charge in [0.25, 0.3) is 0 Å². The minimum absolute atomic E-state index is 0.0781. The molecule has 2 N–H and O–H groups in total. The van der Waals surface area contributed by atoms with Gasteiger partial charge in [0.1, 0.15) is 24.7 Å². The molecule has 104 valence electrons. The van der Waals surface area contributed by atoms with E-state index in [1.54, 1.807) is 24.3 Å². The van der Waals surface area contributed by atoms with Crippen molar-refractivity contribution in [2.75, 3.05) is 0 Å². The van der Waals surface area contributed by atoms with Crippen LogP contribution in [0.4, 0.5) is 4.79 Å². The zero-order valence-corrected chi connectivity index (χ0v) is 10.7. The minimum Gasteiger partial charge on any atom is -0.508 e. The van der Waals surface area contributed by atoms with Crippen LogP contribution in [0.3, 0.4) is 0 Å². The van der Waals surface area contributed by atoms with Gasteiger partial charge in [0.15, 0.2) is 0 Å². The van der Waals surface area contributed by atoms with E-state index >= 15 is 0 Å². The van der Waals surface area contributed by atoms with Gasteiger partial charge < -0.3 is 19.7 Å². The molecule has 5 nitrogen and oxygen atoms in total. The SMILES string of the molecule is O=C(OCc1ccc(O)cc1)OCc1ccc(O)cc1. The van der Waals surface area contributed by atoms with Crippen LogP contribution in [-0.2, 0) is 22.7 Å². The second-order valence-corrected chi connectivity index (χ2v) is 4.16. The quantitative estimate of drug-likeness (QED) is 0.838. The summed E-state index contributed by atoms with van der Waals surface area (Å²) in [7, 11) is 0. The fourth-order valence-electron chi connectivity index (χ4n) is 1.51. The summed E-state index contributed by atoms with van der Waals surface area (Å²) in [5.41, 5.74) is 1.51. The van der Waals surface area contributed by atoms with Gasteiger partial charge in [0, 0.05) is 0 Å². The summed E-state index contributed by atoms with van der Waals surface area (Å²) in [5.74, 6) is 0.312. The summed E-state index contributed by atoms with van der Waals surface area (Å²) in [5, 5.41) is 18.2. The summed E-state index contributed by atoms with van der Waals surface area (Å²) in [6.07, 6.45) is -0.772. The van der Waals surface area contributed by atoms with E-state index < -0.39 is 6.16 Å². The number of hydrogen-bond acceptors (Lipinski definition) is 5. The molecule has 0 fully saturated rings. The largest absolute Gasteiger partial charge is 0.508 e. The molecule has 0 aliphatic heterocycles. The summed E-state index contributed by atoms with van der Waals surface area (Å²) in [6, 6.07) is 12.7. The number of benzene rings is 2. The fourth-order valence-corrected chi connectivity index (χ4v) is 1.51. The third-order valence-electron chi connectivity index (χ3n) is 2.59. The van der Waals surface area contributed by atoms with Crippen molar-refractivity contribution in [1.29, 1.82) is 0 Å². The third kappa shape index (κ3) is 4.20. The van der Waals surface area contributed by atoms with Crippen molar-refractivity contribution >= 4 is 6.16 Å². The summed E-state index contributed by atoms with van der Waals surface area (Å²) < 4.78 is 9.84. The Morgan fingerprint density at radius 1 is 0.750 bits per heavy atom. The van der Waals surface area contributed by atoms with Crippen molar-refractivity contribution < 1.29 is 24.5 Å². The van der Waals surface area contributed by atoms with Gasteiger partial charge in [-0.1, -0.05) is 24.3 Å². The Hall–Kier alpha value is -2.69. The molecule has 0 radical (unpaired) electrons. The van der Waals surface area contributed by atoms with E-state index in [0.717, 1.165) is 11.1 Å². The molecule has 5 heteroatoms. The first kappa shape index (κ1) is 13.7. The Labute approximate surface area is 116 Å². The number of carbonyl (C=O) groups is 1. The van der Waals surface area contributed by atoms with Crippen molar-refractivity contribution in [3.63, 3.8) is 0 Å². The molecular formula is C15H14O5. The topological polar surface area (TPSA) is 76.0 Å². The number of rotatable bonds is 4. The van der Waals surface area contributed by atoms with Crippen molar-refractivity contribution in [1.82, 2.24) is 0 Å². The number of phenols is 2. The Morgan fingerprint density at radius 2 is 1.10 bits per heavy atom. The molecular weight excluding hydrogens is 260 g/mol. The van der Waals surface area contributed by atoms with E-state index in [-0.39, 0.29) is 24.7 Å². The minimum atomic E-state index is -0.772. The van der Waals surface area contributed by atoms with Gasteiger partial charge in [-0.3, -0.25) is 0 Å². The maximum atomic E-state index is 11.4. The molecule has 0 aliphatic carbocycles. The molecule has 2 aromatic carbocycles. The normalized spacial score (nSPS) is 10.0. The van der Waals surface area contributed by atoms with E-state index in [0.29, 0.717) is 0 Å². The second-order valence-electron chi connectivity index (χ2n) is 4.16. The predicted octanol–water partition coefficient (Wildman–Crippen LogP) is 2.95. The highest BCUT2D eigenvalue weighted by Crippen LogP contribution is 2.12. The van der Waals surface area contributed by atoms with Crippen LogP contribution < -0.4 is 0 Å². The van der Waals surface area contributed by atoms with Gasteiger partial charge in [-0.25, -0.2) is 4.79 Å². The van der Waals surface area contributed by atoms with Gasteiger partial charge in [-0.05, 0) is 35.4 Å². The van der Waals surface area contributed by atoms with E-state index in [9.17, 15) is 4.79 Å². The van der Waals surface area contributed by atoms with Crippen molar-refractivity contribution in [3.8, 4) is 11.5 Å². The van der Waals surface area contributed by atoms with Crippen molar-refractivity contribution in [3.05, 3.63) is 59.7 Å². The van der Waals surface area contributed by atoms with Gasteiger partial charge in [-0.15, -0.1) is 0 Å². The Morgan fingerprint density at radius 3 is 1.45 bits per heavy atom. The molecule has 0 atom stereocenters. The second kappa shape index (κ2) is 6.47. The van der Waals surface area contributed by atoms with E-state index in [2.05, 4.69) is 0 Å². The first-order chi connectivity index (χ1) is 9.63. The lowest BCUT2D eigenvalue weighted by molar-refractivity contribution is 0.0446. The van der Waals surface area contributed by atoms with Gasteiger partial charge in [-0.2, -0.15) is 0 Å². The zero-order chi connectivity index (χ0) is 14.4. The van der Waals surface area contributed by atoms with Crippen LogP contribution in [-0.4, -0.2) is 16.4 Å². The average Bonchev–Trinajstić information content (AvgIpc) is 2.46. The van der Waals surface area contributed by atoms with E-state index in [4.69, 9.17) is 19.7 Å². The zero-order valence-electron chi connectivity index (χ0n) is 10.7. The van der Waals surface area contributed by atoms with Crippen LogP contribution in [0.2, 0.25) is 0 Å². The molecule has 20 heavy (non-hydrogen) atoms. The summed E-state index contributed by atoms with van der Waals surface area (Å²) in [6.45, 7) is 0.156. The third-order valence-corrected chi connectivity index (χ3v) is 2.59. The Bertz CT molecular complexity index is 508. The number of ether oxygens (including phenoxy) is 2. The fraction of sp³-hybridized carbons (Fsp3) is 0.133. The molecule has 0 saturated heterocycles. The van der Waals surface area contributed by atoms with Gasteiger partial charge >= 0.3 is 6.16 Å². The molecule has 0 bridgehead atoms. The van der Waals surface area contributed by atoms with E-state index in [1.165, 1.54) is 24.3 Å². The smallest absolute Gasteiger partial charge is 0.508 e. The molecule has 2 rings (SSSR count). The molecule has 0 saturated carbocycles. The lowest BCUT2D eigenvalue weighted by Gasteiger charge is -2.06. The van der Waals surface area contributed by atoms with Crippen molar-refractivity contribution in [2.45, 2.75) is 13.2 Å². The lowest BCUT2D eigenvalue weighted by Crippen LogP contribution is -2.07. The Kier molecular flexibility index (Phi) is 4.44. The van der Waals surface area contributed by atoms with Crippen LogP contribution in [0.25, 0.3) is 0 Å². The van der Waals surface area contributed by atoms with Crippen molar-refractivity contribution in [2.24, 2.45) is 0 Å². The number of aromatic hydroxyl groups is 2. The maximum absolute atomic E-state index is 11.4. The standard InChI is InChI=1S/C15H14O5/c16-13-5-1-11(2-6-13)9-19-15(18)20-10-12-3-7-14(17)8-4-12/h1-8,16-17H,9-10H2. The molecule has 0 aromatic heterocycles. The predicted molar refractivity (Wildman–Crippen MR) is 71.2 cm³/mol. The highest BCUT2D eigenvalue weighted by molar-refractivity contribution is 5.60. The molecule has 0 unspecified atom stereocenters. The maximum Gasteiger partial charge on any atom is 0.508 e. The Balaban J connectivity index is 1.75. The summed E-state index contributed by atoms with van der Waals surface area (Å²) >= 11 is 0. The van der Waals surface area contributed by atoms with E-state index in [1.807, 2.05) is 0 Å². The number of hydrogen-bond donors (Lipinski definition) is 2. The lowest BCUT2D eigenvalue weighted by atomic mass is 10.2. The molecule has 0 heterocycles. The van der Waals surface area contributed by atoms with Crippen LogP contribution in [0.5, 0.6) is 11.5 Å². The highest BCUT2D eigenvalue weighted by Gasteiger charge is 2.05. The van der Waals surface area contributed by atoms with Crippen LogP contribution in [0.15, 0.2) is 48.5 Å². The van der Waals surface area contributed by atoms with Crippen LogP contribution >= 0.6 is 0 Å². The first-order valence-electron chi connectivity index (χ1n) is 5.99. The first-order valence-corrected chi connectivity index (χ1v) is 5.99. The average molecular weight is 274 g/mol. The molecule has 0 aliphatic rings.